The van der Waals surface area contributed by atoms with Crippen LogP contribution in [-0.4, -0.2) is 29.0 Å². The molecule has 0 spiro atoms. The fourth-order valence-corrected chi connectivity index (χ4v) is 3.44. The third-order valence-corrected chi connectivity index (χ3v) is 5.19. The van der Waals surface area contributed by atoms with Gasteiger partial charge in [0.2, 0.25) is 11.9 Å². The quantitative estimate of drug-likeness (QED) is 0.464. The highest BCUT2D eigenvalue weighted by molar-refractivity contribution is 6.04. The number of nitrogens with zero attached hydrogens (tertiary/aromatic N) is 3. The van der Waals surface area contributed by atoms with Gasteiger partial charge in [-0.15, -0.1) is 0 Å². The molecule has 0 bridgehead atoms. The maximum Gasteiger partial charge on any atom is 0.327 e. The predicted molar refractivity (Wildman–Crippen MR) is 128 cm³/mol. The summed E-state index contributed by atoms with van der Waals surface area (Å²) in [5.74, 6) is 1.09. The molecule has 1 aromatic heterocycles. The van der Waals surface area contributed by atoms with Gasteiger partial charge in [0.15, 0.2) is 0 Å². The Balaban J connectivity index is 1.57. The largest absolute Gasteiger partial charge is 0.497 e. The number of para-hydroxylation sites is 2. The Morgan fingerprint density at radius 3 is 2.79 bits per heavy atom. The number of hydrogen-bond acceptors (Lipinski definition) is 6. The monoisotopic (exact) mass is 444 g/mol. The van der Waals surface area contributed by atoms with Crippen molar-refractivity contribution in [2.45, 2.75) is 19.9 Å². The fraction of sp³-hybridized carbons (Fsp3) is 0.167. The summed E-state index contributed by atoms with van der Waals surface area (Å²) < 4.78 is 5.38. The normalized spacial score (nSPS) is 12.4. The molecule has 0 unspecified atom stereocenters. The standard InChI is InChI=1S/C24H24N6O3/c1-4-15-10-17(12-18(11-15)33-3)30-14-16-13-25-23(28-22(16)29-24(30)32)27-20-9-7-6-8-19(20)26-21(31)5-2/h5-13H,2,4,14H2,1,3H3,(H,26,31)(H2,25,27,28,29,32). The van der Waals surface area contributed by atoms with E-state index in [1.54, 1.807) is 36.4 Å². The van der Waals surface area contributed by atoms with Crippen molar-refractivity contribution in [1.29, 1.82) is 0 Å². The van der Waals surface area contributed by atoms with Gasteiger partial charge >= 0.3 is 6.03 Å². The molecule has 168 valence electrons. The van der Waals surface area contributed by atoms with Crippen LogP contribution in [0.1, 0.15) is 18.1 Å². The van der Waals surface area contributed by atoms with Gasteiger partial charge in [-0.05, 0) is 42.3 Å². The number of urea groups is 1. The topological polar surface area (TPSA) is 108 Å². The van der Waals surface area contributed by atoms with Gasteiger partial charge in [-0.2, -0.15) is 4.98 Å². The second kappa shape index (κ2) is 9.39. The molecule has 3 aromatic rings. The van der Waals surface area contributed by atoms with Crippen LogP contribution in [0, 0.1) is 0 Å². The van der Waals surface area contributed by atoms with E-state index in [1.165, 1.54) is 6.08 Å². The van der Waals surface area contributed by atoms with Crippen LogP contribution < -0.4 is 25.6 Å². The first kappa shape index (κ1) is 21.8. The molecular formula is C24H24N6O3. The van der Waals surface area contributed by atoms with E-state index in [-0.39, 0.29) is 17.9 Å². The third kappa shape index (κ3) is 4.77. The zero-order valence-corrected chi connectivity index (χ0v) is 18.4. The minimum atomic E-state index is -0.327. The van der Waals surface area contributed by atoms with Crippen LogP contribution in [0.25, 0.3) is 0 Å². The van der Waals surface area contributed by atoms with Crippen molar-refractivity contribution >= 4 is 40.8 Å². The first-order valence-electron chi connectivity index (χ1n) is 10.4. The number of carbonyl (C=O) groups is 2. The zero-order valence-electron chi connectivity index (χ0n) is 18.4. The number of ether oxygens (including phenoxy) is 1. The lowest BCUT2D eigenvalue weighted by Gasteiger charge is -2.29. The number of anilines is 5. The Morgan fingerprint density at radius 2 is 2.06 bits per heavy atom. The lowest BCUT2D eigenvalue weighted by molar-refractivity contribution is -0.111. The van der Waals surface area contributed by atoms with E-state index in [0.717, 1.165) is 23.2 Å². The minimum absolute atomic E-state index is 0.289. The highest BCUT2D eigenvalue weighted by Crippen LogP contribution is 2.31. The number of carbonyl (C=O) groups excluding carboxylic acids is 2. The molecule has 0 fully saturated rings. The summed E-state index contributed by atoms with van der Waals surface area (Å²) in [7, 11) is 1.60. The number of methoxy groups -OCH3 is 1. The van der Waals surface area contributed by atoms with Gasteiger partial charge in [-0.25, -0.2) is 9.78 Å². The van der Waals surface area contributed by atoms with Crippen molar-refractivity contribution in [3.05, 3.63) is 72.4 Å². The summed E-state index contributed by atoms with van der Waals surface area (Å²) in [6.45, 7) is 5.84. The summed E-state index contributed by atoms with van der Waals surface area (Å²) in [4.78, 5) is 35.0. The van der Waals surface area contributed by atoms with Gasteiger partial charge in [-0.3, -0.25) is 15.0 Å². The molecule has 1 aliphatic heterocycles. The number of aromatic nitrogens is 2. The molecule has 9 nitrogen and oxygen atoms in total. The molecule has 0 saturated carbocycles. The van der Waals surface area contributed by atoms with Crippen molar-refractivity contribution in [3.63, 3.8) is 0 Å². The fourth-order valence-electron chi connectivity index (χ4n) is 3.44. The van der Waals surface area contributed by atoms with Crippen LogP contribution >= 0.6 is 0 Å². The number of aryl methyl sites for hydroxylation is 1. The Kier molecular flexibility index (Phi) is 6.21. The second-order valence-corrected chi connectivity index (χ2v) is 7.34. The summed E-state index contributed by atoms with van der Waals surface area (Å²) >= 11 is 0. The molecule has 1 aliphatic rings. The molecule has 0 saturated heterocycles. The summed E-state index contributed by atoms with van der Waals surface area (Å²) in [6, 6.07) is 12.6. The smallest absolute Gasteiger partial charge is 0.327 e. The molecule has 3 amide bonds. The van der Waals surface area contributed by atoms with E-state index >= 15 is 0 Å². The Morgan fingerprint density at radius 1 is 1.27 bits per heavy atom. The highest BCUT2D eigenvalue weighted by atomic mass is 16.5. The van der Waals surface area contributed by atoms with Gasteiger partial charge in [0.05, 0.1) is 25.0 Å². The lowest BCUT2D eigenvalue weighted by atomic mass is 10.1. The number of hydrogen-bond donors (Lipinski definition) is 3. The van der Waals surface area contributed by atoms with Crippen LogP contribution in [0.2, 0.25) is 0 Å². The summed E-state index contributed by atoms with van der Waals surface area (Å²) in [5.41, 5.74) is 3.75. The van der Waals surface area contributed by atoms with Crippen molar-refractivity contribution in [2.75, 3.05) is 28.0 Å². The van der Waals surface area contributed by atoms with Crippen LogP contribution in [0.4, 0.5) is 33.6 Å². The maximum atomic E-state index is 12.9. The molecule has 3 N–H and O–H groups in total. The Hall–Kier alpha value is -4.40. The van der Waals surface area contributed by atoms with Gasteiger partial charge < -0.3 is 15.4 Å². The molecule has 0 atom stereocenters. The van der Waals surface area contributed by atoms with Crippen LogP contribution in [-0.2, 0) is 17.8 Å². The molecule has 4 rings (SSSR count). The highest BCUT2D eigenvalue weighted by Gasteiger charge is 2.26. The van der Waals surface area contributed by atoms with Crippen LogP contribution in [0.5, 0.6) is 5.75 Å². The minimum Gasteiger partial charge on any atom is -0.497 e. The summed E-state index contributed by atoms with van der Waals surface area (Å²) in [5, 5.41) is 8.66. The van der Waals surface area contributed by atoms with E-state index < -0.39 is 0 Å². The number of nitrogens with one attached hydrogen (secondary N) is 3. The van der Waals surface area contributed by atoms with Gasteiger partial charge in [0.25, 0.3) is 0 Å². The molecule has 2 aromatic carbocycles. The molecule has 0 aliphatic carbocycles. The van der Waals surface area contributed by atoms with Crippen molar-refractivity contribution in [2.24, 2.45) is 0 Å². The Bertz CT molecular complexity index is 1200. The van der Waals surface area contributed by atoms with Crippen molar-refractivity contribution in [3.8, 4) is 5.75 Å². The molecule has 33 heavy (non-hydrogen) atoms. The van der Waals surface area contributed by atoms with Gasteiger partial charge in [0.1, 0.15) is 11.6 Å². The summed E-state index contributed by atoms with van der Waals surface area (Å²) in [6.07, 6.45) is 3.69. The average Bonchev–Trinajstić information content (AvgIpc) is 2.84. The average molecular weight is 444 g/mol. The van der Waals surface area contributed by atoms with E-state index in [0.29, 0.717) is 29.5 Å². The number of benzene rings is 2. The molecule has 9 heteroatoms. The SMILES string of the molecule is C=CC(=O)Nc1ccccc1Nc1ncc2c(n1)NC(=O)N(c1cc(CC)cc(OC)c1)C2. The van der Waals surface area contributed by atoms with Crippen LogP contribution in [0.3, 0.4) is 0 Å². The maximum absolute atomic E-state index is 12.9. The van der Waals surface area contributed by atoms with E-state index in [9.17, 15) is 9.59 Å². The lowest BCUT2D eigenvalue weighted by Crippen LogP contribution is -2.39. The first-order valence-corrected chi connectivity index (χ1v) is 10.4. The van der Waals surface area contributed by atoms with Crippen LogP contribution in [0.15, 0.2) is 61.3 Å². The first-order chi connectivity index (χ1) is 16.0. The number of rotatable bonds is 7. The predicted octanol–water partition coefficient (Wildman–Crippen LogP) is 4.47. The van der Waals surface area contributed by atoms with E-state index in [1.807, 2.05) is 31.2 Å². The van der Waals surface area contributed by atoms with E-state index in [4.69, 9.17) is 4.74 Å². The third-order valence-electron chi connectivity index (χ3n) is 5.19. The number of amides is 3. The van der Waals surface area contributed by atoms with Gasteiger partial charge in [0, 0.05) is 23.5 Å². The molecule has 0 radical (unpaired) electrons. The van der Waals surface area contributed by atoms with Gasteiger partial charge in [-0.1, -0.05) is 25.6 Å². The van der Waals surface area contributed by atoms with Crippen molar-refractivity contribution < 1.29 is 14.3 Å². The molecular weight excluding hydrogens is 420 g/mol. The van der Waals surface area contributed by atoms with Crippen molar-refractivity contribution in [1.82, 2.24) is 9.97 Å². The zero-order chi connectivity index (χ0) is 23.4. The van der Waals surface area contributed by atoms with E-state index in [2.05, 4.69) is 32.5 Å². The number of fused-ring (bicyclic) bond motifs is 1. The Labute approximate surface area is 191 Å². The second-order valence-electron chi connectivity index (χ2n) is 7.34. The molecule has 2 heterocycles.